The highest BCUT2D eigenvalue weighted by atomic mass is 32.2. The molecule has 21 heavy (non-hydrogen) atoms. The van der Waals surface area contributed by atoms with E-state index in [4.69, 9.17) is 5.73 Å². The van der Waals surface area contributed by atoms with E-state index in [1.165, 1.54) is 55.4 Å². The van der Waals surface area contributed by atoms with Gasteiger partial charge in [-0.15, -0.1) is 0 Å². The number of nitrogens with zero attached hydrogens (tertiary/aromatic N) is 1. The summed E-state index contributed by atoms with van der Waals surface area (Å²) in [5, 5.41) is 3.86. The van der Waals surface area contributed by atoms with E-state index >= 15 is 0 Å². The Labute approximate surface area is 131 Å². The monoisotopic (exact) mass is 303 g/mol. The fourth-order valence-corrected chi connectivity index (χ4v) is 4.52. The molecule has 4 heteroatoms. The second-order valence-corrected chi connectivity index (χ2v) is 7.32. The Morgan fingerprint density at radius 3 is 2.90 bits per heavy atom. The van der Waals surface area contributed by atoms with E-state index in [9.17, 15) is 0 Å². The number of rotatable bonds is 3. The van der Waals surface area contributed by atoms with Gasteiger partial charge in [-0.3, -0.25) is 4.99 Å². The average molecular weight is 303 g/mol. The fraction of sp³-hybridized carbons (Fsp3) is 0.588. The molecule has 0 saturated heterocycles. The third-order valence-electron chi connectivity index (χ3n) is 4.48. The first kappa shape index (κ1) is 14.8. The van der Waals surface area contributed by atoms with E-state index in [0.717, 1.165) is 6.54 Å². The summed E-state index contributed by atoms with van der Waals surface area (Å²) in [6, 6.07) is 9.29. The van der Waals surface area contributed by atoms with Crippen molar-refractivity contribution in [3.05, 3.63) is 35.4 Å². The fourth-order valence-electron chi connectivity index (χ4n) is 3.31. The van der Waals surface area contributed by atoms with Gasteiger partial charge in [-0.2, -0.15) is 11.8 Å². The van der Waals surface area contributed by atoms with Gasteiger partial charge < -0.3 is 11.1 Å². The van der Waals surface area contributed by atoms with E-state index in [0.29, 0.717) is 17.3 Å². The number of aryl methyl sites for hydroxylation is 1. The molecule has 1 aliphatic heterocycles. The van der Waals surface area contributed by atoms with Crippen molar-refractivity contribution in [2.24, 2.45) is 10.7 Å². The smallest absolute Gasteiger partial charge is 0.188 e. The topological polar surface area (TPSA) is 50.4 Å². The molecular weight excluding hydrogens is 278 g/mol. The van der Waals surface area contributed by atoms with Gasteiger partial charge in [0.15, 0.2) is 5.96 Å². The molecule has 1 unspecified atom stereocenters. The van der Waals surface area contributed by atoms with Gasteiger partial charge in [-0.05, 0) is 36.1 Å². The quantitative estimate of drug-likeness (QED) is 0.665. The summed E-state index contributed by atoms with van der Waals surface area (Å²) in [4.78, 5) is 4.60. The number of benzene rings is 1. The van der Waals surface area contributed by atoms with Crippen LogP contribution in [0.1, 0.15) is 48.5 Å². The summed E-state index contributed by atoms with van der Waals surface area (Å²) in [5.74, 6) is 1.82. The van der Waals surface area contributed by atoms with Crippen molar-refractivity contribution in [1.82, 2.24) is 5.32 Å². The van der Waals surface area contributed by atoms with Crippen LogP contribution in [0.15, 0.2) is 29.3 Å². The summed E-state index contributed by atoms with van der Waals surface area (Å²) in [7, 11) is 0. The first-order chi connectivity index (χ1) is 10.3. The van der Waals surface area contributed by atoms with Crippen LogP contribution in [0.3, 0.4) is 0 Å². The summed E-state index contributed by atoms with van der Waals surface area (Å²) in [6.07, 6.45) is 7.64. The predicted octanol–water partition coefficient (Wildman–Crippen LogP) is 3.25. The maximum Gasteiger partial charge on any atom is 0.188 e. The average Bonchev–Trinajstić information content (AvgIpc) is 2.54. The second kappa shape index (κ2) is 7.21. The van der Waals surface area contributed by atoms with E-state index < -0.39 is 0 Å². The van der Waals surface area contributed by atoms with Crippen LogP contribution in [-0.4, -0.2) is 24.3 Å². The lowest BCUT2D eigenvalue weighted by Crippen LogP contribution is -2.41. The number of nitrogens with one attached hydrogen (secondary N) is 1. The van der Waals surface area contributed by atoms with Gasteiger partial charge in [0.2, 0.25) is 0 Å². The second-order valence-electron chi connectivity index (χ2n) is 6.01. The zero-order valence-corrected chi connectivity index (χ0v) is 13.4. The number of hydrogen-bond donors (Lipinski definition) is 2. The van der Waals surface area contributed by atoms with Gasteiger partial charge in [0.25, 0.3) is 0 Å². The molecule has 1 aromatic rings. The minimum absolute atomic E-state index is 0.460. The first-order valence-electron chi connectivity index (χ1n) is 8.09. The number of aliphatic imine (C=N–C) groups is 1. The van der Waals surface area contributed by atoms with Crippen LogP contribution in [-0.2, 0) is 6.42 Å². The summed E-state index contributed by atoms with van der Waals surface area (Å²) < 4.78 is 0. The molecule has 0 spiro atoms. The lowest BCUT2D eigenvalue weighted by molar-refractivity contribution is 0.412. The van der Waals surface area contributed by atoms with Gasteiger partial charge in [-0.25, -0.2) is 0 Å². The van der Waals surface area contributed by atoms with Crippen molar-refractivity contribution in [3.63, 3.8) is 0 Å². The highest BCUT2D eigenvalue weighted by Gasteiger charge is 2.20. The van der Waals surface area contributed by atoms with Gasteiger partial charge in [0.05, 0.1) is 6.54 Å². The number of hydrogen-bond acceptors (Lipinski definition) is 2. The van der Waals surface area contributed by atoms with E-state index in [1.54, 1.807) is 0 Å². The largest absolute Gasteiger partial charge is 0.370 e. The molecule has 1 aromatic carbocycles. The van der Waals surface area contributed by atoms with Gasteiger partial charge in [-0.1, -0.05) is 43.5 Å². The van der Waals surface area contributed by atoms with Crippen molar-refractivity contribution in [2.45, 2.75) is 49.8 Å². The molecule has 0 amide bonds. The van der Waals surface area contributed by atoms with Crippen molar-refractivity contribution in [3.8, 4) is 0 Å². The molecular formula is C17H25N3S. The Morgan fingerprint density at radius 1 is 1.24 bits per heavy atom. The molecule has 114 valence electrons. The Morgan fingerprint density at radius 2 is 2.05 bits per heavy atom. The SMILES string of the molecule is NC(=NCC1SCCc2ccccc21)NC1CCCCC1. The number of thioether (sulfide) groups is 1. The zero-order chi connectivity index (χ0) is 14.5. The van der Waals surface area contributed by atoms with Crippen LogP contribution in [0.4, 0.5) is 0 Å². The predicted molar refractivity (Wildman–Crippen MR) is 91.8 cm³/mol. The lowest BCUT2D eigenvalue weighted by atomic mass is 9.96. The maximum atomic E-state index is 6.07. The van der Waals surface area contributed by atoms with Crippen molar-refractivity contribution < 1.29 is 0 Å². The molecule has 3 nitrogen and oxygen atoms in total. The lowest BCUT2D eigenvalue weighted by Gasteiger charge is -2.25. The summed E-state index contributed by atoms with van der Waals surface area (Å²) >= 11 is 2.00. The molecule has 2 aliphatic rings. The summed E-state index contributed by atoms with van der Waals surface area (Å²) in [6.45, 7) is 0.785. The van der Waals surface area contributed by atoms with E-state index in [1.807, 2.05) is 11.8 Å². The molecule has 1 heterocycles. The Bertz CT molecular complexity index is 495. The minimum atomic E-state index is 0.460. The Balaban J connectivity index is 1.58. The highest BCUT2D eigenvalue weighted by molar-refractivity contribution is 7.99. The number of fused-ring (bicyclic) bond motifs is 1. The number of nitrogens with two attached hydrogens (primary N) is 1. The van der Waals surface area contributed by atoms with Gasteiger partial charge in [0.1, 0.15) is 0 Å². The van der Waals surface area contributed by atoms with Crippen LogP contribution in [0.2, 0.25) is 0 Å². The Kier molecular flexibility index (Phi) is 5.07. The molecule has 3 N–H and O–H groups in total. The van der Waals surface area contributed by atoms with Crippen LogP contribution in [0.25, 0.3) is 0 Å². The van der Waals surface area contributed by atoms with Crippen LogP contribution in [0, 0.1) is 0 Å². The Hall–Kier alpha value is -1.16. The molecule has 1 fully saturated rings. The van der Waals surface area contributed by atoms with Gasteiger partial charge >= 0.3 is 0 Å². The molecule has 0 radical (unpaired) electrons. The highest BCUT2D eigenvalue weighted by Crippen LogP contribution is 2.36. The molecule has 1 atom stereocenters. The number of guanidine groups is 1. The molecule has 1 aliphatic carbocycles. The van der Waals surface area contributed by atoms with E-state index in [-0.39, 0.29) is 0 Å². The van der Waals surface area contributed by atoms with Crippen molar-refractivity contribution in [2.75, 3.05) is 12.3 Å². The van der Waals surface area contributed by atoms with Crippen LogP contribution >= 0.6 is 11.8 Å². The van der Waals surface area contributed by atoms with E-state index in [2.05, 4.69) is 34.6 Å². The standard InChI is InChI=1S/C17H25N3S/c18-17(20-14-7-2-1-3-8-14)19-12-16-15-9-5-4-6-13(15)10-11-21-16/h4-6,9,14,16H,1-3,7-8,10-12H2,(H3,18,19,20). The molecule has 1 saturated carbocycles. The molecule has 0 aromatic heterocycles. The summed E-state index contributed by atoms with van der Waals surface area (Å²) in [5.41, 5.74) is 9.00. The van der Waals surface area contributed by atoms with Crippen LogP contribution in [0.5, 0.6) is 0 Å². The van der Waals surface area contributed by atoms with Crippen molar-refractivity contribution >= 4 is 17.7 Å². The third-order valence-corrected chi connectivity index (χ3v) is 5.72. The molecule has 3 rings (SSSR count). The van der Waals surface area contributed by atoms with Crippen molar-refractivity contribution in [1.29, 1.82) is 0 Å². The zero-order valence-electron chi connectivity index (χ0n) is 12.6. The third kappa shape index (κ3) is 3.94. The first-order valence-corrected chi connectivity index (χ1v) is 9.13. The van der Waals surface area contributed by atoms with Crippen LogP contribution < -0.4 is 11.1 Å². The molecule has 0 bridgehead atoms. The normalized spacial score (nSPS) is 23.6. The van der Waals surface area contributed by atoms with Gasteiger partial charge in [0, 0.05) is 11.3 Å². The minimum Gasteiger partial charge on any atom is -0.370 e. The maximum absolute atomic E-state index is 6.07.